The molecule has 0 radical (unpaired) electrons. The minimum atomic E-state index is -0.211. The molecule has 1 aliphatic rings. The molecule has 1 atom stereocenters. The molecule has 0 fully saturated rings. The number of benzene rings is 4. The molecule has 0 spiro atoms. The first-order chi connectivity index (χ1) is 15.5. The Hall–Kier alpha value is -3.72. The summed E-state index contributed by atoms with van der Waals surface area (Å²) >= 11 is 0. The highest BCUT2D eigenvalue weighted by Gasteiger charge is 2.36. The summed E-state index contributed by atoms with van der Waals surface area (Å²) in [5, 5.41) is 0. The highest BCUT2D eigenvalue weighted by molar-refractivity contribution is 5.90. The third-order valence-corrected chi connectivity index (χ3v) is 6.91. The topological polar surface area (TPSA) is 8.81 Å². The molecule has 3 heteroatoms. The van der Waals surface area contributed by atoms with Crippen LogP contribution in [0.2, 0.25) is 0 Å². The molecule has 6 rings (SSSR count). The van der Waals surface area contributed by atoms with Gasteiger partial charge in [0.05, 0.1) is 12.6 Å². The van der Waals surface area contributed by atoms with Crippen molar-refractivity contribution in [1.29, 1.82) is 0 Å². The van der Waals surface area contributed by atoms with Gasteiger partial charge in [0.15, 0.2) is 11.0 Å². The number of para-hydroxylation sites is 1. The Morgan fingerprint density at radius 2 is 1.53 bits per heavy atom. The third-order valence-electron chi connectivity index (χ3n) is 6.91. The molecule has 1 aliphatic heterocycles. The fourth-order valence-corrected chi connectivity index (χ4v) is 5.23. The molecule has 0 N–H and O–H groups in total. The number of aromatic nitrogens is 2. The van der Waals surface area contributed by atoms with Gasteiger partial charge in [-0.25, -0.2) is 8.96 Å². The number of rotatable bonds is 2. The minimum Gasteiger partial charge on any atom is -0.225 e. The predicted octanol–water partition coefficient (Wildman–Crippen LogP) is 6.70. The maximum Gasteiger partial charge on any atom is 0.295 e. The Bertz CT molecular complexity index is 1510. The van der Waals surface area contributed by atoms with Crippen molar-refractivity contribution >= 4 is 11.0 Å². The van der Waals surface area contributed by atoms with Crippen LogP contribution in [0, 0.1) is 12.7 Å². The second kappa shape index (κ2) is 6.89. The molecule has 1 unspecified atom stereocenters. The number of nitrogens with zero attached hydrogens (tertiary/aromatic N) is 2. The van der Waals surface area contributed by atoms with E-state index in [0.29, 0.717) is 0 Å². The number of imidazole rings is 1. The second-order valence-electron chi connectivity index (χ2n) is 8.75. The van der Waals surface area contributed by atoms with Gasteiger partial charge < -0.3 is 0 Å². The van der Waals surface area contributed by atoms with E-state index in [1.165, 1.54) is 56.9 Å². The molecule has 32 heavy (non-hydrogen) atoms. The molecule has 0 saturated carbocycles. The molecule has 0 aliphatic carbocycles. The van der Waals surface area contributed by atoms with Gasteiger partial charge in [0.25, 0.3) is 5.82 Å². The first kappa shape index (κ1) is 19.0. The molecule has 2 heterocycles. The van der Waals surface area contributed by atoms with E-state index >= 15 is 0 Å². The molecule has 1 aromatic heterocycles. The van der Waals surface area contributed by atoms with E-state index in [0.717, 1.165) is 11.1 Å². The molecule has 5 aromatic rings. The van der Waals surface area contributed by atoms with Crippen molar-refractivity contribution in [3.05, 3.63) is 107 Å². The van der Waals surface area contributed by atoms with Crippen molar-refractivity contribution in [2.75, 3.05) is 0 Å². The Kier molecular flexibility index (Phi) is 4.09. The summed E-state index contributed by atoms with van der Waals surface area (Å²) in [4.78, 5) is 0. The summed E-state index contributed by atoms with van der Waals surface area (Å²) in [5.41, 5.74) is 10.9. The first-order valence-corrected chi connectivity index (χ1v) is 11.0. The maximum atomic E-state index is 13.6. The van der Waals surface area contributed by atoms with E-state index < -0.39 is 0 Å². The van der Waals surface area contributed by atoms with Gasteiger partial charge in [-0.05, 0) is 60.0 Å². The van der Waals surface area contributed by atoms with Crippen LogP contribution in [0.3, 0.4) is 0 Å². The Balaban J connectivity index is 1.76. The number of hydrogen-bond acceptors (Lipinski definition) is 0. The van der Waals surface area contributed by atoms with Crippen LogP contribution in [0.1, 0.15) is 29.5 Å². The van der Waals surface area contributed by atoms with Crippen LogP contribution in [-0.2, 0) is 7.05 Å². The number of halogens is 1. The summed E-state index contributed by atoms with van der Waals surface area (Å²) in [7, 11) is 2.15. The van der Waals surface area contributed by atoms with E-state index in [-0.39, 0.29) is 11.7 Å². The van der Waals surface area contributed by atoms with Gasteiger partial charge in [-0.15, -0.1) is 0 Å². The van der Waals surface area contributed by atoms with E-state index in [1.54, 1.807) is 0 Å². The number of aryl methyl sites for hydroxylation is 2. The third kappa shape index (κ3) is 2.61. The van der Waals surface area contributed by atoms with Gasteiger partial charge in [0.1, 0.15) is 11.5 Å². The number of hydrogen-bond donors (Lipinski definition) is 0. The van der Waals surface area contributed by atoms with Gasteiger partial charge in [0.2, 0.25) is 0 Å². The van der Waals surface area contributed by atoms with Gasteiger partial charge in [0, 0.05) is 17.0 Å². The number of fused-ring (bicyclic) bond motifs is 2. The van der Waals surface area contributed by atoms with Crippen molar-refractivity contribution in [3.63, 3.8) is 0 Å². The van der Waals surface area contributed by atoms with Crippen molar-refractivity contribution in [1.82, 2.24) is 4.57 Å². The fraction of sp³-hybridized carbons (Fsp3) is 0.138. The van der Waals surface area contributed by atoms with E-state index in [2.05, 4.69) is 90.7 Å². The van der Waals surface area contributed by atoms with Crippen LogP contribution < -0.4 is 4.57 Å². The van der Waals surface area contributed by atoms with Crippen LogP contribution in [0.15, 0.2) is 84.9 Å². The average Bonchev–Trinajstić information content (AvgIpc) is 3.11. The van der Waals surface area contributed by atoms with E-state index in [4.69, 9.17) is 0 Å². The van der Waals surface area contributed by atoms with Gasteiger partial charge >= 0.3 is 0 Å². The Morgan fingerprint density at radius 1 is 0.812 bits per heavy atom. The molecule has 0 amide bonds. The predicted molar refractivity (Wildman–Crippen MR) is 128 cm³/mol. The normalized spacial score (nSPS) is 14.6. The summed E-state index contributed by atoms with van der Waals surface area (Å²) < 4.78 is 18.3. The van der Waals surface area contributed by atoms with E-state index in [1.807, 2.05) is 12.1 Å². The summed E-state index contributed by atoms with van der Waals surface area (Å²) in [6.45, 7) is 4.45. The van der Waals surface area contributed by atoms with Crippen molar-refractivity contribution in [3.8, 4) is 28.2 Å². The standard InChI is InChI=1S/C29H24FN2/c1-18-8-4-5-9-23(18)29-31(3)27-17-21(20-12-14-22(30)15-13-20)16-25-19(2)24-10-6-7-11-26(24)32(29)28(25)27/h4-17,19H,1-3H3/q+1. The summed E-state index contributed by atoms with van der Waals surface area (Å²) in [5.74, 6) is 1.23. The first-order valence-electron chi connectivity index (χ1n) is 11.0. The lowest BCUT2D eigenvalue weighted by Gasteiger charge is -2.22. The summed E-state index contributed by atoms with van der Waals surface area (Å²) in [6, 6.07) is 28.6. The second-order valence-corrected chi connectivity index (χ2v) is 8.75. The van der Waals surface area contributed by atoms with Gasteiger partial charge in [-0.1, -0.05) is 55.5 Å². The van der Waals surface area contributed by atoms with Crippen molar-refractivity contribution < 1.29 is 8.96 Å². The molecule has 4 aromatic carbocycles. The lowest BCUT2D eigenvalue weighted by Crippen LogP contribution is -2.30. The minimum absolute atomic E-state index is 0.211. The zero-order chi connectivity index (χ0) is 22.0. The van der Waals surface area contributed by atoms with Crippen LogP contribution in [-0.4, -0.2) is 4.57 Å². The molecule has 2 nitrogen and oxygen atoms in total. The SMILES string of the molecule is Cc1ccccc1-c1n2c3c(cc(-c4ccc(F)cc4)cc3[n+]1C)C(C)c1ccccc1-2. The summed E-state index contributed by atoms with van der Waals surface area (Å²) in [6.07, 6.45) is 0. The monoisotopic (exact) mass is 419 g/mol. The highest BCUT2D eigenvalue weighted by atomic mass is 19.1. The molecule has 0 bridgehead atoms. The quantitative estimate of drug-likeness (QED) is 0.282. The van der Waals surface area contributed by atoms with Crippen LogP contribution in [0.4, 0.5) is 4.39 Å². The molecular formula is C29H24FN2+. The lowest BCUT2D eigenvalue weighted by molar-refractivity contribution is -0.633. The van der Waals surface area contributed by atoms with Gasteiger partial charge in [-0.2, -0.15) is 4.57 Å². The molecule has 156 valence electrons. The maximum absolute atomic E-state index is 13.6. The van der Waals surface area contributed by atoms with Crippen LogP contribution >= 0.6 is 0 Å². The smallest absolute Gasteiger partial charge is 0.225 e. The molecule has 0 saturated heterocycles. The average molecular weight is 420 g/mol. The fourth-order valence-electron chi connectivity index (χ4n) is 5.23. The highest BCUT2D eigenvalue weighted by Crippen LogP contribution is 2.43. The van der Waals surface area contributed by atoms with Gasteiger partial charge in [-0.3, -0.25) is 0 Å². The zero-order valence-electron chi connectivity index (χ0n) is 18.4. The van der Waals surface area contributed by atoms with Crippen LogP contribution in [0.5, 0.6) is 0 Å². The van der Waals surface area contributed by atoms with Crippen molar-refractivity contribution in [2.24, 2.45) is 7.05 Å². The zero-order valence-corrected chi connectivity index (χ0v) is 18.4. The Labute approximate surface area is 187 Å². The Morgan fingerprint density at radius 3 is 2.31 bits per heavy atom. The van der Waals surface area contributed by atoms with Crippen molar-refractivity contribution in [2.45, 2.75) is 19.8 Å². The van der Waals surface area contributed by atoms with E-state index in [9.17, 15) is 4.39 Å². The lowest BCUT2D eigenvalue weighted by atomic mass is 9.86. The van der Waals surface area contributed by atoms with Crippen LogP contribution in [0.25, 0.3) is 39.2 Å². The largest absolute Gasteiger partial charge is 0.295 e. The molecular weight excluding hydrogens is 395 g/mol.